The van der Waals surface area contributed by atoms with Crippen LogP contribution >= 0.6 is 0 Å². The SMILES string of the molecule is CCS(=N)c1cccc(-c2nc(N3C[C@@H](O)[C@@H]3C)nc3c2CCC3(F)F)c1. The van der Waals surface area contributed by atoms with E-state index in [4.69, 9.17) is 4.78 Å². The number of nitrogens with zero attached hydrogens (tertiary/aromatic N) is 3. The number of aromatic nitrogens is 2. The molecule has 4 rings (SSSR count). The summed E-state index contributed by atoms with van der Waals surface area (Å²) >= 11 is 0. The van der Waals surface area contributed by atoms with Crippen molar-refractivity contribution in [2.24, 2.45) is 0 Å². The highest BCUT2D eigenvalue weighted by molar-refractivity contribution is 7.86. The molecule has 2 aromatic rings. The van der Waals surface area contributed by atoms with Gasteiger partial charge in [0.05, 0.1) is 17.8 Å². The highest BCUT2D eigenvalue weighted by Gasteiger charge is 2.45. The lowest BCUT2D eigenvalue weighted by Crippen LogP contribution is -2.59. The van der Waals surface area contributed by atoms with Crippen LogP contribution in [-0.2, 0) is 23.0 Å². The van der Waals surface area contributed by atoms with Gasteiger partial charge >= 0.3 is 0 Å². The summed E-state index contributed by atoms with van der Waals surface area (Å²) in [7, 11) is -0.638. The van der Waals surface area contributed by atoms with Crippen LogP contribution in [0.2, 0.25) is 0 Å². The van der Waals surface area contributed by atoms with Crippen molar-refractivity contribution in [3.8, 4) is 11.3 Å². The lowest BCUT2D eigenvalue weighted by atomic mass is 10.0. The second-order valence-electron chi connectivity index (χ2n) is 7.07. The molecule has 3 atom stereocenters. The van der Waals surface area contributed by atoms with Gasteiger partial charge in [-0.2, -0.15) is 8.78 Å². The molecule has 1 aromatic heterocycles. The lowest BCUT2D eigenvalue weighted by molar-refractivity contribution is -0.00603. The van der Waals surface area contributed by atoms with E-state index in [-0.39, 0.29) is 30.5 Å². The molecule has 0 bridgehead atoms. The van der Waals surface area contributed by atoms with Crippen molar-refractivity contribution in [2.75, 3.05) is 17.2 Å². The zero-order valence-electron chi connectivity index (χ0n) is 15.2. The summed E-state index contributed by atoms with van der Waals surface area (Å²) in [6.45, 7) is 4.13. The first-order valence-electron chi connectivity index (χ1n) is 9.08. The minimum Gasteiger partial charge on any atom is -0.389 e. The number of anilines is 1. The van der Waals surface area contributed by atoms with Crippen LogP contribution in [0.4, 0.5) is 14.7 Å². The normalized spacial score (nSPS) is 24.4. The Morgan fingerprint density at radius 2 is 2.15 bits per heavy atom. The van der Waals surface area contributed by atoms with Crippen molar-refractivity contribution in [3.05, 3.63) is 35.5 Å². The number of benzene rings is 1. The monoisotopic (exact) mass is 392 g/mol. The van der Waals surface area contributed by atoms with Crippen LogP contribution in [-0.4, -0.2) is 39.5 Å². The Morgan fingerprint density at radius 3 is 2.81 bits per heavy atom. The first kappa shape index (κ1) is 18.4. The third-order valence-electron chi connectivity index (χ3n) is 5.40. The van der Waals surface area contributed by atoms with Gasteiger partial charge in [0.25, 0.3) is 5.92 Å². The maximum absolute atomic E-state index is 14.4. The van der Waals surface area contributed by atoms with Gasteiger partial charge in [0.2, 0.25) is 5.95 Å². The molecular weight excluding hydrogens is 370 g/mol. The summed E-state index contributed by atoms with van der Waals surface area (Å²) in [6.07, 6.45) is -0.520. The fourth-order valence-corrected chi connectivity index (χ4v) is 4.44. The van der Waals surface area contributed by atoms with E-state index < -0.39 is 22.7 Å². The van der Waals surface area contributed by atoms with Crippen molar-refractivity contribution < 1.29 is 13.9 Å². The number of aliphatic hydroxyl groups is 1. The van der Waals surface area contributed by atoms with Gasteiger partial charge in [0.1, 0.15) is 5.69 Å². The van der Waals surface area contributed by atoms with Crippen LogP contribution in [0.25, 0.3) is 11.3 Å². The van der Waals surface area contributed by atoms with E-state index in [1.54, 1.807) is 4.90 Å². The van der Waals surface area contributed by atoms with Gasteiger partial charge in [-0.25, -0.2) is 9.97 Å². The molecule has 0 amide bonds. The zero-order chi connectivity index (χ0) is 19.3. The third-order valence-corrected chi connectivity index (χ3v) is 6.80. The average Bonchev–Trinajstić information content (AvgIpc) is 2.99. The van der Waals surface area contributed by atoms with Gasteiger partial charge in [0.15, 0.2) is 0 Å². The van der Waals surface area contributed by atoms with Gasteiger partial charge < -0.3 is 10.0 Å². The first-order chi connectivity index (χ1) is 12.8. The van der Waals surface area contributed by atoms with E-state index in [1.165, 1.54) is 0 Å². The van der Waals surface area contributed by atoms with Crippen molar-refractivity contribution in [3.63, 3.8) is 0 Å². The number of halogens is 2. The molecule has 5 nitrogen and oxygen atoms in total. The molecule has 0 saturated carbocycles. The van der Waals surface area contributed by atoms with Crippen molar-refractivity contribution in [1.82, 2.24) is 9.97 Å². The molecule has 2 N–H and O–H groups in total. The van der Waals surface area contributed by atoms with E-state index >= 15 is 0 Å². The van der Waals surface area contributed by atoms with E-state index in [0.717, 1.165) is 10.5 Å². The fraction of sp³-hybridized carbons (Fsp3) is 0.474. The standard InChI is InChI=1S/C19H22F2N4OS/c1-3-27(22)13-6-4-5-12(9-13)16-14-7-8-19(20,21)17(14)24-18(23-16)25-10-15(26)11(25)2/h4-6,9,11,15,22,26H,3,7-8,10H2,1-2H3/t11-,15+,27?/m0/s1. The van der Waals surface area contributed by atoms with Crippen LogP contribution in [0.1, 0.15) is 31.5 Å². The number of rotatable bonds is 4. The van der Waals surface area contributed by atoms with Gasteiger partial charge in [0, 0.05) is 34.7 Å². The number of aliphatic hydroxyl groups excluding tert-OH is 1. The molecule has 1 aliphatic heterocycles. The Kier molecular flexibility index (Phi) is 4.50. The molecule has 144 valence electrons. The molecule has 2 aliphatic rings. The minimum atomic E-state index is -2.96. The summed E-state index contributed by atoms with van der Waals surface area (Å²) < 4.78 is 37.1. The predicted molar refractivity (Wildman–Crippen MR) is 101 cm³/mol. The molecule has 2 heterocycles. The second-order valence-corrected chi connectivity index (χ2v) is 8.90. The Morgan fingerprint density at radius 1 is 1.37 bits per heavy atom. The average molecular weight is 392 g/mol. The van der Waals surface area contributed by atoms with Gasteiger partial charge in [-0.1, -0.05) is 29.7 Å². The number of fused-ring (bicyclic) bond motifs is 1. The topological polar surface area (TPSA) is 73.1 Å². The summed E-state index contributed by atoms with van der Waals surface area (Å²) in [5, 5.41) is 9.79. The van der Waals surface area contributed by atoms with Crippen LogP contribution in [0.3, 0.4) is 0 Å². The smallest absolute Gasteiger partial charge is 0.290 e. The molecule has 0 radical (unpaired) electrons. The second kappa shape index (κ2) is 6.60. The maximum atomic E-state index is 14.4. The third kappa shape index (κ3) is 3.04. The van der Waals surface area contributed by atoms with Gasteiger partial charge in [-0.05, 0) is 25.5 Å². The molecule has 1 aromatic carbocycles. The van der Waals surface area contributed by atoms with E-state index in [0.29, 0.717) is 23.6 Å². The predicted octanol–water partition coefficient (Wildman–Crippen LogP) is 3.51. The molecule has 8 heteroatoms. The van der Waals surface area contributed by atoms with Crippen molar-refractivity contribution in [2.45, 2.75) is 49.7 Å². The molecule has 1 unspecified atom stereocenters. The molecule has 1 saturated heterocycles. The quantitative estimate of drug-likeness (QED) is 0.835. The van der Waals surface area contributed by atoms with Crippen LogP contribution < -0.4 is 4.90 Å². The summed E-state index contributed by atoms with van der Waals surface area (Å²) in [4.78, 5) is 11.5. The van der Waals surface area contributed by atoms with E-state index in [2.05, 4.69) is 9.97 Å². The Balaban J connectivity index is 1.85. The Labute approximate surface area is 159 Å². The summed E-state index contributed by atoms with van der Waals surface area (Å²) in [5.74, 6) is -2.01. The minimum absolute atomic E-state index is 0.193. The Hall–Kier alpha value is -1.93. The molecule has 27 heavy (non-hydrogen) atoms. The lowest BCUT2D eigenvalue weighted by Gasteiger charge is -2.43. The molecule has 1 fully saturated rings. The number of β-amino-alcohol motifs (C(OH)–C–C–N with tert-alkyl or cyclic N) is 1. The Bertz CT molecular complexity index is 921. The van der Waals surface area contributed by atoms with Crippen molar-refractivity contribution in [1.29, 1.82) is 4.78 Å². The van der Waals surface area contributed by atoms with Crippen LogP contribution in [0.5, 0.6) is 0 Å². The summed E-state index contributed by atoms with van der Waals surface area (Å²) in [5.41, 5.74) is 1.57. The number of hydrogen-bond donors (Lipinski definition) is 2. The van der Waals surface area contributed by atoms with Gasteiger partial charge in [-0.15, -0.1) is 0 Å². The first-order valence-corrected chi connectivity index (χ1v) is 10.5. The van der Waals surface area contributed by atoms with Crippen molar-refractivity contribution >= 4 is 16.6 Å². The molecule has 1 aliphatic carbocycles. The highest BCUT2D eigenvalue weighted by atomic mass is 32.2. The number of hydrogen-bond acceptors (Lipinski definition) is 5. The van der Waals surface area contributed by atoms with Crippen LogP contribution in [0.15, 0.2) is 29.2 Å². The fourth-order valence-electron chi connectivity index (χ4n) is 3.60. The summed E-state index contributed by atoms with van der Waals surface area (Å²) in [6, 6.07) is 7.29. The zero-order valence-corrected chi connectivity index (χ0v) is 16.1. The van der Waals surface area contributed by atoms with E-state index in [1.807, 2.05) is 38.1 Å². The highest BCUT2D eigenvalue weighted by Crippen LogP contribution is 2.45. The van der Waals surface area contributed by atoms with E-state index in [9.17, 15) is 13.9 Å². The maximum Gasteiger partial charge on any atom is 0.290 e. The van der Waals surface area contributed by atoms with Gasteiger partial charge in [-0.3, -0.25) is 4.78 Å². The molecule has 0 spiro atoms. The van der Waals surface area contributed by atoms with Crippen LogP contribution in [0, 0.1) is 4.78 Å². The molecular formula is C19H22F2N4OS. The number of nitrogens with one attached hydrogen (secondary N) is 1. The largest absolute Gasteiger partial charge is 0.389 e. The number of alkyl halides is 2.